The molecule has 2 unspecified atom stereocenters. The molecule has 2 fully saturated rings. The van der Waals surface area contributed by atoms with Gasteiger partial charge in [-0.15, -0.1) is 24.0 Å². The quantitative estimate of drug-likeness (QED) is 0.414. The van der Waals surface area contributed by atoms with Gasteiger partial charge in [0.25, 0.3) is 0 Å². The summed E-state index contributed by atoms with van der Waals surface area (Å²) < 4.78 is 1.90. The van der Waals surface area contributed by atoms with Crippen LogP contribution in [-0.4, -0.2) is 71.4 Å². The summed E-state index contributed by atoms with van der Waals surface area (Å²) in [5.74, 6) is 2.36. The molecule has 0 radical (unpaired) electrons. The molecule has 0 aliphatic carbocycles. The highest BCUT2D eigenvalue weighted by Crippen LogP contribution is 2.26. The van der Waals surface area contributed by atoms with Crippen LogP contribution >= 0.6 is 24.0 Å². The van der Waals surface area contributed by atoms with E-state index in [-0.39, 0.29) is 24.0 Å². The van der Waals surface area contributed by atoms with Crippen LogP contribution in [0.3, 0.4) is 0 Å². The number of nitrogens with one attached hydrogen (secondary N) is 1. The summed E-state index contributed by atoms with van der Waals surface area (Å²) in [5.41, 5.74) is 1.35. The molecule has 7 heteroatoms. The highest BCUT2D eigenvalue weighted by atomic mass is 127. The largest absolute Gasteiger partial charge is 0.356 e. The molecular formula is C19H35IN6. The van der Waals surface area contributed by atoms with E-state index in [9.17, 15) is 0 Å². The van der Waals surface area contributed by atoms with E-state index >= 15 is 0 Å². The van der Waals surface area contributed by atoms with Crippen molar-refractivity contribution in [2.24, 2.45) is 18.0 Å². The van der Waals surface area contributed by atoms with Crippen molar-refractivity contribution in [3.63, 3.8) is 0 Å². The molecule has 0 saturated carbocycles. The number of piperidine rings is 1. The highest BCUT2D eigenvalue weighted by Gasteiger charge is 2.28. The number of likely N-dealkylation sites (tertiary alicyclic amines) is 2. The molecule has 0 bridgehead atoms. The minimum absolute atomic E-state index is 0. The maximum Gasteiger partial charge on any atom is 0.193 e. The van der Waals surface area contributed by atoms with Crippen molar-refractivity contribution in [1.29, 1.82) is 0 Å². The Bertz CT molecular complexity index is 584. The molecule has 0 amide bonds. The van der Waals surface area contributed by atoms with Crippen molar-refractivity contribution < 1.29 is 0 Å². The Balaban J connectivity index is 0.00000243. The molecule has 2 saturated heterocycles. The van der Waals surface area contributed by atoms with Crippen LogP contribution in [0.2, 0.25) is 0 Å². The summed E-state index contributed by atoms with van der Waals surface area (Å²) in [6.45, 7) is 10.2. The Kier molecular flexibility index (Phi) is 8.19. The van der Waals surface area contributed by atoms with Crippen molar-refractivity contribution in [3.8, 4) is 0 Å². The molecule has 1 aromatic rings. The van der Waals surface area contributed by atoms with E-state index in [1.807, 2.05) is 25.0 Å². The van der Waals surface area contributed by atoms with Gasteiger partial charge in [0.2, 0.25) is 0 Å². The van der Waals surface area contributed by atoms with Crippen molar-refractivity contribution in [3.05, 3.63) is 18.0 Å². The first kappa shape index (κ1) is 21.5. The van der Waals surface area contributed by atoms with Crippen molar-refractivity contribution in [1.82, 2.24) is 24.9 Å². The zero-order valence-corrected chi connectivity index (χ0v) is 19.0. The van der Waals surface area contributed by atoms with Gasteiger partial charge >= 0.3 is 0 Å². The summed E-state index contributed by atoms with van der Waals surface area (Å²) >= 11 is 0. The number of guanidine groups is 1. The van der Waals surface area contributed by atoms with Crippen molar-refractivity contribution in [2.45, 2.75) is 45.1 Å². The normalized spacial score (nSPS) is 24.8. The van der Waals surface area contributed by atoms with Crippen LogP contribution in [0, 0.1) is 5.92 Å². The molecule has 3 heterocycles. The Labute approximate surface area is 175 Å². The number of aromatic nitrogens is 2. The summed E-state index contributed by atoms with van der Waals surface area (Å²) in [4.78, 5) is 9.55. The minimum Gasteiger partial charge on any atom is -0.356 e. The van der Waals surface area contributed by atoms with Crippen LogP contribution in [0.4, 0.5) is 0 Å². The van der Waals surface area contributed by atoms with Gasteiger partial charge in [0.05, 0.1) is 6.20 Å². The lowest BCUT2D eigenvalue weighted by molar-refractivity contribution is 0.140. The van der Waals surface area contributed by atoms with Crippen LogP contribution < -0.4 is 5.32 Å². The predicted octanol–water partition coefficient (Wildman–Crippen LogP) is 2.52. The first-order chi connectivity index (χ1) is 12.1. The average Bonchev–Trinajstić information content (AvgIpc) is 3.25. The maximum absolute atomic E-state index is 4.54. The molecule has 2 atom stereocenters. The minimum atomic E-state index is 0. The van der Waals surface area contributed by atoms with E-state index < -0.39 is 0 Å². The summed E-state index contributed by atoms with van der Waals surface area (Å²) in [6.07, 6.45) is 7.97. The van der Waals surface area contributed by atoms with Crippen LogP contribution in [0.25, 0.3) is 0 Å². The Morgan fingerprint density at radius 2 is 2.12 bits per heavy atom. The second kappa shape index (κ2) is 9.92. The van der Waals surface area contributed by atoms with Gasteiger partial charge in [0.15, 0.2) is 5.96 Å². The molecule has 148 valence electrons. The third-order valence-electron chi connectivity index (χ3n) is 5.73. The molecule has 1 N–H and O–H groups in total. The van der Waals surface area contributed by atoms with Crippen LogP contribution in [0.1, 0.15) is 44.6 Å². The van der Waals surface area contributed by atoms with E-state index in [0.717, 1.165) is 31.5 Å². The second-order valence-corrected chi connectivity index (χ2v) is 7.90. The second-order valence-electron chi connectivity index (χ2n) is 7.90. The van der Waals surface area contributed by atoms with Crippen LogP contribution in [0.5, 0.6) is 0 Å². The molecule has 0 aromatic carbocycles. The molecule has 2 aliphatic heterocycles. The molecule has 3 rings (SSSR count). The zero-order chi connectivity index (χ0) is 17.8. The van der Waals surface area contributed by atoms with Gasteiger partial charge in [-0.25, -0.2) is 0 Å². The van der Waals surface area contributed by atoms with Gasteiger partial charge in [-0.1, -0.05) is 0 Å². The van der Waals surface area contributed by atoms with E-state index in [1.165, 1.54) is 37.9 Å². The summed E-state index contributed by atoms with van der Waals surface area (Å²) in [7, 11) is 3.89. The molecular weight excluding hydrogens is 439 g/mol. The van der Waals surface area contributed by atoms with Crippen molar-refractivity contribution in [2.75, 3.05) is 39.8 Å². The Morgan fingerprint density at radius 1 is 1.31 bits per heavy atom. The van der Waals surface area contributed by atoms with E-state index in [4.69, 9.17) is 0 Å². The topological polar surface area (TPSA) is 48.7 Å². The van der Waals surface area contributed by atoms with E-state index in [0.29, 0.717) is 12.0 Å². The fraction of sp³-hybridized carbons (Fsp3) is 0.789. The van der Waals surface area contributed by atoms with Crippen LogP contribution in [-0.2, 0) is 7.05 Å². The van der Waals surface area contributed by atoms with E-state index in [2.05, 4.69) is 45.3 Å². The first-order valence-electron chi connectivity index (χ1n) is 9.75. The average molecular weight is 474 g/mol. The van der Waals surface area contributed by atoms with Crippen molar-refractivity contribution >= 4 is 29.9 Å². The number of hydrogen-bond donors (Lipinski definition) is 1. The van der Waals surface area contributed by atoms with Gasteiger partial charge in [0.1, 0.15) is 0 Å². The molecule has 26 heavy (non-hydrogen) atoms. The van der Waals surface area contributed by atoms with Gasteiger partial charge < -0.3 is 15.1 Å². The summed E-state index contributed by atoms with van der Waals surface area (Å²) in [5, 5.41) is 7.96. The predicted molar refractivity (Wildman–Crippen MR) is 118 cm³/mol. The number of halogens is 1. The Morgan fingerprint density at radius 3 is 2.77 bits per heavy atom. The third kappa shape index (κ3) is 5.34. The standard InChI is InChI=1S/C19H34N6.HI/c1-15(2)24-8-5-6-16(12-24)10-21-19(20-3)25-9-7-17(14-25)18-11-22-23(4)13-18;/h11,13,15-17H,5-10,12,14H2,1-4H3,(H,20,21);1H. The lowest BCUT2D eigenvalue weighted by Gasteiger charge is -2.36. The monoisotopic (exact) mass is 474 g/mol. The number of aryl methyl sites for hydroxylation is 1. The van der Waals surface area contributed by atoms with E-state index in [1.54, 1.807) is 0 Å². The smallest absolute Gasteiger partial charge is 0.193 e. The number of rotatable bonds is 4. The highest BCUT2D eigenvalue weighted by molar-refractivity contribution is 14.0. The molecule has 2 aliphatic rings. The van der Waals surface area contributed by atoms with Gasteiger partial charge in [-0.2, -0.15) is 5.10 Å². The first-order valence-corrected chi connectivity index (χ1v) is 9.75. The SMILES string of the molecule is CN=C(NCC1CCCN(C(C)C)C1)N1CCC(c2cnn(C)c2)C1.I. The summed E-state index contributed by atoms with van der Waals surface area (Å²) in [6, 6.07) is 0.654. The maximum atomic E-state index is 4.54. The molecule has 0 spiro atoms. The molecule has 6 nitrogen and oxygen atoms in total. The third-order valence-corrected chi connectivity index (χ3v) is 5.73. The zero-order valence-electron chi connectivity index (χ0n) is 16.7. The van der Waals surface area contributed by atoms with Gasteiger partial charge in [-0.05, 0) is 51.1 Å². The van der Waals surface area contributed by atoms with Gasteiger partial charge in [-0.3, -0.25) is 9.67 Å². The number of aliphatic imine (C=N–C) groups is 1. The lowest BCUT2D eigenvalue weighted by Crippen LogP contribution is -2.46. The molecule has 1 aromatic heterocycles. The van der Waals surface area contributed by atoms with Gasteiger partial charge in [0, 0.05) is 58.4 Å². The lowest BCUT2D eigenvalue weighted by atomic mass is 9.97. The fourth-order valence-electron chi connectivity index (χ4n) is 4.18. The fourth-order valence-corrected chi connectivity index (χ4v) is 4.18. The van der Waals surface area contributed by atoms with Crippen LogP contribution in [0.15, 0.2) is 17.4 Å². The number of hydrogen-bond acceptors (Lipinski definition) is 3. The Hall–Kier alpha value is -0.830. The number of nitrogens with zero attached hydrogens (tertiary/aromatic N) is 5.